The summed E-state index contributed by atoms with van der Waals surface area (Å²) in [5.41, 5.74) is 13.6. The molecule has 1 aromatic heterocycles. The van der Waals surface area contributed by atoms with Gasteiger partial charge in [0.15, 0.2) is 0 Å². The van der Waals surface area contributed by atoms with Gasteiger partial charge < -0.3 is 11.5 Å². The Morgan fingerprint density at radius 3 is 2.33 bits per heavy atom. The van der Waals surface area contributed by atoms with Gasteiger partial charge in [-0.1, -0.05) is 42.8 Å². The van der Waals surface area contributed by atoms with Gasteiger partial charge in [-0.2, -0.15) is 5.10 Å². The number of aromatic nitrogens is 1. The second-order valence-corrected chi connectivity index (χ2v) is 7.91. The largest absolute Gasteiger partial charge is 0.369 e. The van der Waals surface area contributed by atoms with E-state index in [0.717, 1.165) is 10.9 Å². The molecule has 0 radical (unpaired) electrons. The Labute approximate surface area is 158 Å². The van der Waals surface area contributed by atoms with Gasteiger partial charge in [0.2, 0.25) is 5.96 Å². The second-order valence-electron chi connectivity index (χ2n) is 6.10. The van der Waals surface area contributed by atoms with Crippen LogP contribution >= 0.6 is 0 Å². The van der Waals surface area contributed by atoms with Gasteiger partial charge in [-0.3, -0.25) is 0 Å². The third-order valence-corrected chi connectivity index (χ3v) is 5.88. The number of benzene rings is 2. The van der Waals surface area contributed by atoms with Gasteiger partial charge in [-0.15, -0.1) is 5.10 Å². The van der Waals surface area contributed by atoms with Crippen LogP contribution in [0.4, 0.5) is 0 Å². The average molecular weight is 383 g/mol. The minimum absolute atomic E-state index is 0.156. The van der Waals surface area contributed by atoms with Crippen LogP contribution in [0.15, 0.2) is 69.8 Å². The van der Waals surface area contributed by atoms with Crippen LogP contribution in [-0.2, 0) is 10.0 Å². The Bertz CT molecular complexity index is 1140. The second kappa shape index (κ2) is 7.24. The van der Waals surface area contributed by atoms with Gasteiger partial charge in [-0.25, -0.2) is 12.4 Å². The van der Waals surface area contributed by atoms with Crippen LogP contribution in [0.5, 0.6) is 0 Å². The highest BCUT2D eigenvalue weighted by molar-refractivity contribution is 7.90. The molecule has 1 heterocycles. The molecule has 7 nitrogen and oxygen atoms in total. The molecule has 0 saturated carbocycles. The van der Waals surface area contributed by atoms with Crippen molar-refractivity contribution in [2.24, 2.45) is 21.7 Å². The SMILES string of the molecule is CC/C(=N/N=C(N)N)c1cn(S(=O)(=O)c2ccc(C)cc2)c2ccccc12. The number of nitrogens with zero attached hydrogens (tertiary/aromatic N) is 3. The van der Waals surface area contributed by atoms with Gasteiger partial charge in [-0.05, 0) is 31.5 Å². The monoisotopic (exact) mass is 383 g/mol. The van der Waals surface area contributed by atoms with Crippen LogP contribution in [0.2, 0.25) is 0 Å². The zero-order valence-electron chi connectivity index (χ0n) is 15.1. The van der Waals surface area contributed by atoms with E-state index in [1.807, 2.05) is 26.0 Å². The first-order valence-corrected chi connectivity index (χ1v) is 9.86. The molecule has 8 heteroatoms. The van der Waals surface area contributed by atoms with Gasteiger partial charge >= 0.3 is 0 Å². The molecule has 3 rings (SSSR count). The molecule has 0 spiro atoms. The lowest BCUT2D eigenvalue weighted by Gasteiger charge is -2.07. The number of hydrogen-bond donors (Lipinski definition) is 2. The van der Waals surface area contributed by atoms with Crippen molar-refractivity contribution >= 4 is 32.6 Å². The molecule has 140 valence electrons. The van der Waals surface area contributed by atoms with E-state index in [1.54, 1.807) is 42.6 Å². The van der Waals surface area contributed by atoms with Crippen molar-refractivity contribution in [3.05, 3.63) is 65.9 Å². The van der Waals surface area contributed by atoms with Crippen LogP contribution in [-0.4, -0.2) is 24.1 Å². The summed E-state index contributed by atoms with van der Waals surface area (Å²) in [5.74, 6) is -0.156. The smallest absolute Gasteiger partial charge is 0.268 e. The summed E-state index contributed by atoms with van der Waals surface area (Å²) in [6, 6.07) is 14.0. The summed E-state index contributed by atoms with van der Waals surface area (Å²) < 4.78 is 27.7. The third-order valence-electron chi connectivity index (χ3n) is 4.19. The van der Waals surface area contributed by atoms with Crippen LogP contribution in [0.25, 0.3) is 10.9 Å². The molecule has 4 N–H and O–H groups in total. The molecule has 2 aromatic carbocycles. The van der Waals surface area contributed by atoms with E-state index >= 15 is 0 Å². The fraction of sp³-hybridized carbons (Fsp3) is 0.158. The Kier molecular flexibility index (Phi) is 5.00. The zero-order chi connectivity index (χ0) is 19.6. The number of hydrogen-bond acceptors (Lipinski definition) is 4. The standard InChI is InChI=1S/C19H21N5O2S/c1-3-17(22-23-19(20)21)16-12-24(18-7-5-4-6-15(16)18)27(25,26)14-10-8-13(2)9-11-14/h4-12H,3H2,1-2H3,(H4,20,21,23)/b22-17-. The molecular weight excluding hydrogens is 362 g/mol. The van der Waals surface area contributed by atoms with Crippen molar-refractivity contribution in [3.63, 3.8) is 0 Å². The predicted molar refractivity (Wildman–Crippen MR) is 108 cm³/mol. The normalized spacial score (nSPS) is 12.3. The molecule has 0 aliphatic rings. The molecule has 0 amide bonds. The van der Waals surface area contributed by atoms with Crippen molar-refractivity contribution < 1.29 is 8.42 Å². The van der Waals surface area contributed by atoms with E-state index in [0.29, 0.717) is 23.2 Å². The molecule has 0 unspecified atom stereocenters. The average Bonchev–Trinajstić information content (AvgIpc) is 3.03. The van der Waals surface area contributed by atoms with Crippen LogP contribution in [0.3, 0.4) is 0 Å². The summed E-state index contributed by atoms with van der Waals surface area (Å²) in [6.07, 6.45) is 2.11. The van der Waals surface area contributed by atoms with Crippen LogP contribution in [0.1, 0.15) is 24.5 Å². The molecule has 0 atom stereocenters. The summed E-state index contributed by atoms with van der Waals surface area (Å²) in [6.45, 7) is 3.81. The fourth-order valence-electron chi connectivity index (χ4n) is 2.84. The minimum atomic E-state index is -3.76. The van der Waals surface area contributed by atoms with Crippen molar-refractivity contribution in [2.75, 3.05) is 0 Å². The van der Waals surface area contributed by atoms with E-state index in [9.17, 15) is 8.42 Å². The van der Waals surface area contributed by atoms with Gasteiger partial charge in [0.05, 0.1) is 16.1 Å². The van der Waals surface area contributed by atoms with Crippen molar-refractivity contribution in [3.8, 4) is 0 Å². The minimum Gasteiger partial charge on any atom is -0.369 e. The third kappa shape index (κ3) is 3.56. The number of nitrogens with two attached hydrogens (primary N) is 2. The maximum absolute atomic E-state index is 13.2. The van der Waals surface area contributed by atoms with E-state index in [-0.39, 0.29) is 10.9 Å². The van der Waals surface area contributed by atoms with Crippen LogP contribution in [0, 0.1) is 6.92 Å². The number of rotatable bonds is 5. The fourth-order valence-corrected chi connectivity index (χ4v) is 4.21. The van der Waals surface area contributed by atoms with E-state index in [4.69, 9.17) is 11.5 Å². The number of para-hydroxylation sites is 1. The van der Waals surface area contributed by atoms with Crippen molar-refractivity contribution in [1.29, 1.82) is 0 Å². The van der Waals surface area contributed by atoms with Gasteiger partial charge in [0.25, 0.3) is 10.0 Å². The van der Waals surface area contributed by atoms with E-state index in [2.05, 4.69) is 10.2 Å². The highest BCUT2D eigenvalue weighted by Crippen LogP contribution is 2.27. The molecule has 0 aliphatic heterocycles. The Hall–Kier alpha value is -3.13. The lowest BCUT2D eigenvalue weighted by Crippen LogP contribution is -2.22. The molecule has 3 aromatic rings. The molecule has 0 bridgehead atoms. The first kappa shape index (κ1) is 18.7. The Morgan fingerprint density at radius 1 is 1.04 bits per heavy atom. The van der Waals surface area contributed by atoms with Crippen molar-refractivity contribution in [2.45, 2.75) is 25.2 Å². The number of guanidine groups is 1. The van der Waals surface area contributed by atoms with E-state index in [1.165, 1.54) is 3.97 Å². The molecule has 0 aliphatic carbocycles. The topological polar surface area (TPSA) is 116 Å². The van der Waals surface area contributed by atoms with E-state index < -0.39 is 10.0 Å². The van der Waals surface area contributed by atoms with Gasteiger partial charge in [0, 0.05) is 17.1 Å². The maximum atomic E-state index is 13.2. The summed E-state index contributed by atoms with van der Waals surface area (Å²) >= 11 is 0. The highest BCUT2D eigenvalue weighted by Gasteiger charge is 2.22. The lowest BCUT2D eigenvalue weighted by molar-refractivity contribution is 0.589. The zero-order valence-corrected chi connectivity index (χ0v) is 15.9. The Balaban J connectivity index is 2.25. The first-order chi connectivity index (χ1) is 12.8. The first-order valence-electron chi connectivity index (χ1n) is 8.42. The van der Waals surface area contributed by atoms with Crippen LogP contribution < -0.4 is 11.5 Å². The summed E-state index contributed by atoms with van der Waals surface area (Å²) in [7, 11) is -3.76. The quantitative estimate of drug-likeness (QED) is 0.400. The highest BCUT2D eigenvalue weighted by atomic mass is 32.2. The Morgan fingerprint density at radius 2 is 1.70 bits per heavy atom. The maximum Gasteiger partial charge on any atom is 0.268 e. The molecule has 0 fully saturated rings. The predicted octanol–water partition coefficient (Wildman–Crippen LogP) is 2.57. The molecule has 27 heavy (non-hydrogen) atoms. The lowest BCUT2D eigenvalue weighted by atomic mass is 10.1. The number of fused-ring (bicyclic) bond motifs is 1. The molecule has 0 saturated heterocycles. The van der Waals surface area contributed by atoms with Gasteiger partial charge in [0.1, 0.15) is 0 Å². The summed E-state index contributed by atoms with van der Waals surface area (Å²) in [4.78, 5) is 0.222. The van der Waals surface area contributed by atoms with Crippen molar-refractivity contribution in [1.82, 2.24) is 3.97 Å². The molecular formula is C19H21N5O2S. The number of aryl methyl sites for hydroxylation is 1. The summed E-state index contributed by atoms with van der Waals surface area (Å²) in [5, 5.41) is 8.57.